The highest BCUT2D eigenvalue weighted by atomic mass is 16.6. The Kier molecular flexibility index (Phi) is 6.67. The minimum atomic E-state index is -0.531. The van der Waals surface area contributed by atoms with Crippen LogP contribution in [-0.4, -0.2) is 68.1 Å². The smallest absolute Gasteiger partial charge is 0.410 e. The highest BCUT2D eigenvalue weighted by Gasteiger charge is 2.43. The molecule has 2 aliphatic heterocycles. The van der Waals surface area contributed by atoms with Gasteiger partial charge in [-0.1, -0.05) is 25.5 Å². The predicted molar refractivity (Wildman–Crippen MR) is 118 cm³/mol. The molecule has 2 atom stereocenters. The fraction of sp³-hybridized carbons (Fsp3) is 0.565. The first-order valence-corrected chi connectivity index (χ1v) is 11.0. The molecule has 2 amide bonds. The van der Waals surface area contributed by atoms with E-state index in [1.54, 1.807) is 17.3 Å². The Balaban J connectivity index is 0.00000132. The Morgan fingerprint density at radius 2 is 1.74 bits per heavy atom. The Labute approximate surface area is 184 Å². The van der Waals surface area contributed by atoms with Crippen molar-refractivity contribution in [3.8, 4) is 5.69 Å². The summed E-state index contributed by atoms with van der Waals surface area (Å²) >= 11 is 0. The molecule has 4 rings (SSSR count). The first kappa shape index (κ1) is 22.8. The molecule has 2 fully saturated rings. The standard InChI is InChI=1S/C21H27N5O3.C2H6/c1-14-5-6-18(26-22-7-8-23-26)17(9-14)19(27)24-11-15-10-16(13-24)25(12-15)20(28)29-21(2,3)4;1-2/h5-9,15-16H,10-13H2,1-4H3;1-2H3. The minimum Gasteiger partial charge on any atom is -0.444 e. The van der Waals surface area contributed by atoms with Gasteiger partial charge >= 0.3 is 6.09 Å². The second-order valence-electron chi connectivity index (χ2n) is 8.94. The molecular formula is C23H33N5O3. The van der Waals surface area contributed by atoms with E-state index in [1.807, 2.05) is 64.6 Å². The van der Waals surface area contributed by atoms with Gasteiger partial charge in [-0.05, 0) is 52.2 Å². The van der Waals surface area contributed by atoms with E-state index >= 15 is 0 Å². The number of piperidine rings is 1. The number of aryl methyl sites for hydroxylation is 1. The summed E-state index contributed by atoms with van der Waals surface area (Å²) in [6.45, 7) is 13.3. The number of aromatic nitrogens is 3. The van der Waals surface area contributed by atoms with Gasteiger partial charge in [0.25, 0.3) is 5.91 Å². The van der Waals surface area contributed by atoms with Crippen molar-refractivity contribution in [3.05, 3.63) is 41.7 Å². The number of rotatable bonds is 2. The van der Waals surface area contributed by atoms with Crippen molar-refractivity contribution >= 4 is 12.0 Å². The summed E-state index contributed by atoms with van der Waals surface area (Å²) in [5.74, 6) is 0.211. The van der Waals surface area contributed by atoms with E-state index in [9.17, 15) is 9.59 Å². The summed E-state index contributed by atoms with van der Waals surface area (Å²) in [6.07, 6.45) is 3.79. The summed E-state index contributed by atoms with van der Waals surface area (Å²) in [5, 5.41) is 8.36. The summed E-state index contributed by atoms with van der Waals surface area (Å²) in [4.78, 5) is 31.1. The second kappa shape index (κ2) is 9.08. The van der Waals surface area contributed by atoms with E-state index in [0.717, 1.165) is 12.0 Å². The lowest BCUT2D eigenvalue weighted by Crippen LogP contribution is -2.47. The van der Waals surface area contributed by atoms with Gasteiger partial charge in [0.05, 0.1) is 29.7 Å². The van der Waals surface area contributed by atoms with E-state index in [2.05, 4.69) is 10.2 Å². The molecule has 168 valence electrons. The van der Waals surface area contributed by atoms with Crippen LogP contribution in [0.5, 0.6) is 0 Å². The average Bonchev–Trinajstić information content (AvgIpc) is 3.35. The SMILES string of the molecule is CC.Cc1ccc(-n2nccn2)c(C(=O)N2CC3CC(C2)N(C(=O)OC(C)(C)C)C3)c1. The molecular weight excluding hydrogens is 394 g/mol. The Morgan fingerprint density at radius 1 is 1.06 bits per heavy atom. The van der Waals surface area contributed by atoms with E-state index in [4.69, 9.17) is 4.74 Å². The first-order valence-electron chi connectivity index (χ1n) is 11.0. The molecule has 8 nitrogen and oxygen atoms in total. The third-order valence-corrected chi connectivity index (χ3v) is 5.34. The van der Waals surface area contributed by atoms with Crippen LogP contribution in [0.25, 0.3) is 5.69 Å². The molecule has 1 aromatic heterocycles. The van der Waals surface area contributed by atoms with Crippen molar-refractivity contribution in [3.63, 3.8) is 0 Å². The number of carbonyl (C=O) groups is 2. The van der Waals surface area contributed by atoms with Gasteiger partial charge in [0.2, 0.25) is 0 Å². The van der Waals surface area contributed by atoms with Crippen LogP contribution in [0, 0.1) is 12.8 Å². The van der Waals surface area contributed by atoms with Crippen LogP contribution in [0.3, 0.4) is 0 Å². The number of hydrogen-bond acceptors (Lipinski definition) is 5. The lowest BCUT2D eigenvalue weighted by atomic mass is 9.98. The van der Waals surface area contributed by atoms with Crippen molar-refractivity contribution in [2.45, 2.75) is 59.6 Å². The molecule has 0 aliphatic carbocycles. The third-order valence-electron chi connectivity index (χ3n) is 5.34. The highest BCUT2D eigenvalue weighted by Crippen LogP contribution is 2.32. The third kappa shape index (κ3) is 5.06. The van der Waals surface area contributed by atoms with Crippen LogP contribution < -0.4 is 0 Å². The van der Waals surface area contributed by atoms with Gasteiger partial charge in [-0.25, -0.2) is 4.79 Å². The minimum absolute atomic E-state index is 0.0105. The monoisotopic (exact) mass is 427 g/mol. The normalized spacial score (nSPS) is 20.2. The number of ether oxygens (including phenoxy) is 1. The van der Waals surface area contributed by atoms with E-state index in [1.165, 1.54) is 4.80 Å². The lowest BCUT2D eigenvalue weighted by molar-refractivity contribution is 0.0207. The summed E-state index contributed by atoms with van der Waals surface area (Å²) in [6, 6.07) is 5.68. The number of carbonyl (C=O) groups excluding carboxylic acids is 2. The van der Waals surface area contributed by atoms with E-state index < -0.39 is 5.60 Å². The van der Waals surface area contributed by atoms with Crippen molar-refractivity contribution in [2.24, 2.45) is 5.92 Å². The van der Waals surface area contributed by atoms with Crippen molar-refractivity contribution in [1.82, 2.24) is 24.8 Å². The molecule has 2 aromatic rings. The maximum Gasteiger partial charge on any atom is 0.410 e. The molecule has 0 N–H and O–H groups in total. The number of benzene rings is 1. The molecule has 2 unspecified atom stereocenters. The molecule has 0 spiro atoms. The highest BCUT2D eigenvalue weighted by molar-refractivity contribution is 5.98. The molecule has 1 aromatic carbocycles. The number of nitrogens with zero attached hydrogens (tertiary/aromatic N) is 5. The Morgan fingerprint density at radius 3 is 2.39 bits per heavy atom. The number of fused-ring (bicyclic) bond motifs is 2. The zero-order valence-electron chi connectivity index (χ0n) is 19.3. The molecule has 2 bridgehead atoms. The van der Waals surface area contributed by atoms with Crippen molar-refractivity contribution < 1.29 is 14.3 Å². The molecule has 0 radical (unpaired) electrons. The van der Waals surface area contributed by atoms with Crippen molar-refractivity contribution in [2.75, 3.05) is 19.6 Å². The predicted octanol–water partition coefficient (Wildman–Crippen LogP) is 3.68. The van der Waals surface area contributed by atoms with E-state index in [-0.39, 0.29) is 24.0 Å². The molecule has 2 saturated heterocycles. The first-order chi connectivity index (χ1) is 14.7. The number of amides is 2. The fourth-order valence-electron chi connectivity index (χ4n) is 4.18. The second-order valence-corrected chi connectivity index (χ2v) is 8.94. The van der Waals surface area contributed by atoms with Crippen LogP contribution in [0.15, 0.2) is 30.6 Å². The largest absolute Gasteiger partial charge is 0.444 e. The van der Waals surface area contributed by atoms with Gasteiger partial charge in [-0.3, -0.25) is 4.79 Å². The van der Waals surface area contributed by atoms with Gasteiger partial charge in [0.1, 0.15) is 5.60 Å². The maximum absolute atomic E-state index is 13.4. The topological polar surface area (TPSA) is 80.6 Å². The number of likely N-dealkylation sites (tertiary alicyclic amines) is 2. The Hall–Kier alpha value is -2.90. The van der Waals surface area contributed by atoms with Crippen molar-refractivity contribution in [1.29, 1.82) is 0 Å². The summed E-state index contributed by atoms with van der Waals surface area (Å²) in [7, 11) is 0. The van der Waals surface area contributed by atoms with Gasteiger partial charge in [0, 0.05) is 19.6 Å². The van der Waals surface area contributed by atoms with Crippen LogP contribution in [0.4, 0.5) is 4.79 Å². The van der Waals surface area contributed by atoms with Gasteiger partial charge in [-0.2, -0.15) is 15.0 Å². The quantitative estimate of drug-likeness (QED) is 0.730. The molecule has 31 heavy (non-hydrogen) atoms. The number of hydrogen-bond donors (Lipinski definition) is 0. The zero-order chi connectivity index (χ0) is 22.8. The summed E-state index contributed by atoms with van der Waals surface area (Å²) < 4.78 is 5.56. The van der Waals surface area contributed by atoms with Crippen LogP contribution in [0.1, 0.15) is 57.0 Å². The van der Waals surface area contributed by atoms with Gasteiger partial charge < -0.3 is 14.5 Å². The molecule has 2 aliphatic rings. The average molecular weight is 428 g/mol. The summed E-state index contributed by atoms with van der Waals surface area (Å²) in [5.41, 5.74) is 1.70. The fourth-order valence-corrected chi connectivity index (χ4v) is 4.18. The molecule has 8 heteroatoms. The van der Waals surface area contributed by atoms with Crippen LogP contribution in [0.2, 0.25) is 0 Å². The molecule has 3 heterocycles. The zero-order valence-corrected chi connectivity index (χ0v) is 19.3. The van der Waals surface area contributed by atoms with Gasteiger partial charge in [0.15, 0.2) is 0 Å². The van der Waals surface area contributed by atoms with Crippen LogP contribution >= 0.6 is 0 Å². The molecule has 0 saturated carbocycles. The Bertz CT molecular complexity index is 920. The van der Waals surface area contributed by atoms with Crippen LogP contribution in [-0.2, 0) is 4.74 Å². The van der Waals surface area contributed by atoms with Gasteiger partial charge in [-0.15, -0.1) is 0 Å². The van der Waals surface area contributed by atoms with E-state index in [0.29, 0.717) is 30.9 Å². The lowest BCUT2D eigenvalue weighted by Gasteiger charge is -2.33. The maximum atomic E-state index is 13.4.